The zero-order chi connectivity index (χ0) is 58.4. The standard InChI is InChI=1S/C64H80N8O10Si/c1-7-80-50-20-25-56-44(35-50)37-54(65-29-9-11-32-73)61(76)71(56)47-15-13-43(14-16-47)40-70-58-24-17-48(72-57-26-21-51(81-8-2)36-45(57)38-55(62(72)77)66-30-10-12-33-74)39-53(58)64(63(70)78)42(3)60(83(5,6)52-22-18-49(79-4)19-23-52)59(82-64)27-31-69-41-46(28-34-75)67-68-69/h13-26,35-36,39,41-42,54-55,59-60,65-66,73-75H,7-12,27-34,37-38,40H2,1-6H3/t42-,54?,55?,59+,60-,64+/m0/s1. The predicted octanol–water partition coefficient (Wildman–Crippen LogP) is 7.38. The monoisotopic (exact) mass is 1150 g/mol. The zero-order valence-corrected chi connectivity index (χ0v) is 49.7. The molecule has 0 radical (unpaired) electrons. The maximum absolute atomic E-state index is 16.3. The average Bonchev–Trinajstić information content (AvgIpc) is 2.83. The number of fused-ring (bicyclic) bond motifs is 4. The smallest absolute Gasteiger partial charge is 0.264 e. The van der Waals surface area contributed by atoms with Gasteiger partial charge in [-0.3, -0.25) is 28.9 Å². The molecule has 3 amide bonds. The van der Waals surface area contributed by atoms with Gasteiger partial charge in [-0.2, -0.15) is 0 Å². The molecule has 6 aromatic rings. The number of unbranched alkanes of at least 4 members (excludes halogenated alkanes) is 2. The maximum Gasteiger partial charge on any atom is 0.264 e. The second kappa shape index (κ2) is 25.9. The largest absolute Gasteiger partial charge is 0.497 e. The van der Waals surface area contributed by atoms with Crippen molar-refractivity contribution < 1.29 is 48.7 Å². The van der Waals surface area contributed by atoms with Crippen LogP contribution in [0.15, 0.2) is 109 Å². The lowest BCUT2D eigenvalue weighted by Gasteiger charge is -2.37. The van der Waals surface area contributed by atoms with Gasteiger partial charge in [0, 0.05) is 61.8 Å². The fourth-order valence-electron chi connectivity index (χ4n) is 13.2. The number of rotatable bonds is 26. The minimum absolute atomic E-state index is 0.0444. The lowest BCUT2D eigenvalue weighted by Crippen LogP contribution is -2.52. The van der Waals surface area contributed by atoms with E-state index in [0.717, 1.165) is 46.0 Å². The SMILES string of the molecule is CCOc1ccc2c(c1)CC(NCCCCO)C(=O)N2c1ccc(CN2C(=O)[C@]3(O[C@H](CCn4cc(CCO)nn4)[C@@H]([Si](C)(C)c4ccc(OC)cc4)[C@@H]3C)c3cc(N4C(=O)C(NCCCCO)Cc5cc(OCC)ccc54)ccc32)cc1. The van der Waals surface area contributed by atoms with Crippen molar-refractivity contribution in [3.63, 3.8) is 0 Å². The highest BCUT2D eigenvalue weighted by atomic mass is 28.3. The molecule has 0 aliphatic carbocycles. The molecule has 18 nitrogen and oxygen atoms in total. The van der Waals surface area contributed by atoms with Gasteiger partial charge in [-0.25, -0.2) is 0 Å². The third kappa shape index (κ3) is 11.8. The van der Waals surface area contributed by atoms with Crippen LogP contribution >= 0.6 is 0 Å². The number of methoxy groups -OCH3 is 1. The molecule has 83 heavy (non-hydrogen) atoms. The van der Waals surface area contributed by atoms with Crippen LogP contribution in [-0.4, -0.2) is 128 Å². The Balaban J connectivity index is 1.06. The van der Waals surface area contributed by atoms with Gasteiger partial charge < -0.3 is 49.8 Å². The summed E-state index contributed by atoms with van der Waals surface area (Å²) in [6.07, 6.45) is 5.95. The van der Waals surface area contributed by atoms with Crippen LogP contribution < -0.4 is 44.7 Å². The predicted molar refractivity (Wildman–Crippen MR) is 322 cm³/mol. The van der Waals surface area contributed by atoms with Gasteiger partial charge >= 0.3 is 0 Å². The lowest BCUT2D eigenvalue weighted by atomic mass is 9.82. The van der Waals surface area contributed by atoms with Gasteiger partial charge in [0.1, 0.15) is 17.2 Å². The van der Waals surface area contributed by atoms with E-state index in [4.69, 9.17) is 18.9 Å². The van der Waals surface area contributed by atoms with E-state index in [-0.39, 0.29) is 55.5 Å². The van der Waals surface area contributed by atoms with Crippen molar-refractivity contribution in [3.05, 3.63) is 137 Å². The van der Waals surface area contributed by atoms with E-state index in [1.807, 2.05) is 116 Å². The van der Waals surface area contributed by atoms with Crippen LogP contribution in [0.3, 0.4) is 0 Å². The van der Waals surface area contributed by atoms with E-state index in [1.165, 1.54) is 5.19 Å². The summed E-state index contributed by atoms with van der Waals surface area (Å²) in [7, 11) is -0.942. The highest BCUT2D eigenvalue weighted by Gasteiger charge is 2.66. The van der Waals surface area contributed by atoms with Crippen LogP contribution in [0.1, 0.15) is 80.8 Å². The second-order valence-corrected chi connectivity index (χ2v) is 27.4. The quantitative estimate of drug-likeness (QED) is 0.0265. The molecule has 5 aromatic carbocycles. The number of carbonyl (C=O) groups excluding carboxylic acids is 3. The Bertz CT molecular complexity index is 3250. The normalized spacial score (nSPS) is 21.2. The van der Waals surface area contributed by atoms with E-state index >= 15 is 9.59 Å². The first kappa shape index (κ1) is 59.2. The Morgan fingerprint density at radius 1 is 0.699 bits per heavy atom. The van der Waals surface area contributed by atoms with E-state index < -0.39 is 31.9 Å². The van der Waals surface area contributed by atoms with Crippen molar-refractivity contribution in [3.8, 4) is 17.2 Å². The topological polar surface area (TPSA) is 213 Å². The fraction of sp³-hybridized carbons (Fsp3) is 0.453. The van der Waals surface area contributed by atoms with Crippen LogP contribution in [0.4, 0.5) is 28.4 Å². The fourth-order valence-corrected chi connectivity index (χ4v) is 17.2. The number of nitrogens with one attached hydrogen (secondary N) is 2. The molecule has 0 bridgehead atoms. The average molecular weight is 1150 g/mol. The number of aliphatic hydroxyl groups is 3. The van der Waals surface area contributed by atoms with E-state index in [2.05, 4.69) is 53.1 Å². The van der Waals surface area contributed by atoms with Crippen molar-refractivity contribution >= 4 is 59.4 Å². The minimum atomic E-state index is -2.60. The zero-order valence-electron chi connectivity index (χ0n) is 48.7. The summed E-state index contributed by atoms with van der Waals surface area (Å²) in [5, 5.41) is 45.6. The molecule has 440 valence electrons. The van der Waals surface area contributed by atoms with Crippen LogP contribution in [0.2, 0.25) is 18.6 Å². The van der Waals surface area contributed by atoms with Crippen molar-refractivity contribution in [2.24, 2.45) is 5.92 Å². The summed E-state index contributed by atoms with van der Waals surface area (Å²) in [6, 6.07) is 32.6. The van der Waals surface area contributed by atoms with Crippen LogP contribution in [-0.2, 0) is 57.1 Å². The first-order valence-corrected chi connectivity index (χ1v) is 32.6. The van der Waals surface area contributed by atoms with Gasteiger partial charge in [0.2, 0.25) is 11.8 Å². The van der Waals surface area contributed by atoms with Gasteiger partial charge in [-0.15, -0.1) is 5.10 Å². The number of aliphatic hydroxyl groups excluding tert-OH is 3. The molecule has 19 heteroatoms. The number of amides is 3. The molecular weight excluding hydrogens is 1070 g/mol. The molecule has 5 heterocycles. The summed E-state index contributed by atoms with van der Waals surface area (Å²) in [6.45, 7) is 13.6. The molecular formula is C64H80N8O10Si. The Kier molecular flexibility index (Phi) is 18.5. The minimum Gasteiger partial charge on any atom is -0.497 e. The second-order valence-electron chi connectivity index (χ2n) is 22.7. The summed E-state index contributed by atoms with van der Waals surface area (Å²) >= 11 is 0. The molecule has 4 aliphatic rings. The third-order valence-corrected chi connectivity index (χ3v) is 21.6. The van der Waals surface area contributed by atoms with Gasteiger partial charge in [0.05, 0.1) is 75.9 Å². The number of hydrogen-bond acceptors (Lipinski definition) is 14. The molecule has 1 aromatic heterocycles. The molecule has 0 saturated carbocycles. The molecule has 5 N–H and O–H groups in total. The number of anilines is 5. The molecule has 10 rings (SSSR count). The van der Waals surface area contributed by atoms with Crippen molar-refractivity contribution in [2.45, 2.75) is 128 Å². The Morgan fingerprint density at radius 2 is 1.27 bits per heavy atom. The number of aromatic nitrogens is 3. The number of nitrogens with zero attached hydrogens (tertiary/aromatic N) is 6. The van der Waals surface area contributed by atoms with Crippen LogP contribution in [0, 0.1) is 5.92 Å². The number of hydrogen-bond donors (Lipinski definition) is 5. The summed E-state index contributed by atoms with van der Waals surface area (Å²) < 4.78 is 26.9. The van der Waals surface area contributed by atoms with E-state index in [1.54, 1.807) is 21.6 Å². The van der Waals surface area contributed by atoms with Crippen LogP contribution in [0.5, 0.6) is 17.2 Å². The Morgan fingerprint density at radius 3 is 1.83 bits per heavy atom. The first-order valence-electron chi connectivity index (χ1n) is 29.5. The number of ether oxygens (including phenoxy) is 4. The summed E-state index contributed by atoms with van der Waals surface area (Å²) in [5.41, 5.74) is 5.98. The van der Waals surface area contributed by atoms with Crippen LogP contribution in [0.25, 0.3) is 0 Å². The van der Waals surface area contributed by atoms with Gasteiger partial charge in [0.15, 0.2) is 5.60 Å². The summed E-state index contributed by atoms with van der Waals surface area (Å²) in [4.78, 5) is 51.3. The maximum atomic E-state index is 16.3. The molecule has 2 unspecified atom stereocenters. The van der Waals surface area contributed by atoms with Crippen molar-refractivity contribution in [1.82, 2.24) is 25.6 Å². The highest BCUT2D eigenvalue weighted by molar-refractivity contribution is 6.91. The first-order chi connectivity index (χ1) is 40.3. The molecule has 4 aliphatic heterocycles. The Hall–Kier alpha value is -6.97. The van der Waals surface area contributed by atoms with Crippen molar-refractivity contribution in [2.75, 3.05) is 67.9 Å². The number of aryl methyl sites for hydroxylation is 1. The number of carbonyl (C=O) groups is 3. The van der Waals surface area contributed by atoms with Crippen molar-refractivity contribution in [1.29, 1.82) is 0 Å². The van der Waals surface area contributed by atoms with E-state index in [9.17, 15) is 20.1 Å². The van der Waals surface area contributed by atoms with E-state index in [0.29, 0.717) is 112 Å². The summed E-state index contributed by atoms with van der Waals surface area (Å²) in [5.74, 6) is 1.41. The molecule has 1 fully saturated rings. The number of benzene rings is 5. The lowest BCUT2D eigenvalue weighted by molar-refractivity contribution is -0.146. The molecule has 1 saturated heterocycles. The molecule has 1 spiro atoms. The third-order valence-electron chi connectivity index (χ3n) is 17.3. The van der Waals surface area contributed by atoms with Gasteiger partial charge in [0.25, 0.3) is 5.91 Å². The molecule has 6 atom stereocenters. The van der Waals surface area contributed by atoms with Gasteiger partial charge in [-0.1, -0.05) is 54.7 Å². The Labute approximate surface area is 487 Å². The van der Waals surface area contributed by atoms with Gasteiger partial charge in [-0.05, 0) is 173 Å². The highest BCUT2D eigenvalue weighted by Crippen LogP contribution is 2.61.